The van der Waals surface area contributed by atoms with Crippen LogP contribution in [-0.4, -0.2) is 20.5 Å². The van der Waals surface area contributed by atoms with Gasteiger partial charge >= 0.3 is 5.97 Å². The highest BCUT2D eigenvalue weighted by Crippen LogP contribution is 2.14. The van der Waals surface area contributed by atoms with E-state index in [-0.39, 0.29) is 11.3 Å². The third-order valence-electron chi connectivity index (χ3n) is 2.04. The second-order valence-corrected chi connectivity index (χ2v) is 2.90. The average Bonchev–Trinajstić information content (AvgIpc) is 2.46. The van der Waals surface area contributed by atoms with Crippen molar-refractivity contribution in [2.75, 3.05) is 0 Å². The van der Waals surface area contributed by atoms with Crippen molar-refractivity contribution in [3.63, 3.8) is 0 Å². The first-order chi connectivity index (χ1) is 6.61. The Balaban J connectivity index is 2.86. The molecule has 4 nitrogen and oxygen atoms in total. The highest BCUT2D eigenvalue weighted by Gasteiger charge is 2.15. The standard InChI is InChI=1S/C9H7FN2O2/c1-5-7(9(13)14)11-8-6(10)3-2-4-12(5)8/h2-4H,1H3,(H,13,14). The first-order valence-electron chi connectivity index (χ1n) is 3.97. The van der Waals surface area contributed by atoms with Gasteiger partial charge in [0.25, 0.3) is 0 Å². The number of carbonyl (C=O) groups is 1. The van der Waals surface area contributed by atoms with E-state index < -0.39 is 11.8 Å². The summed E-state index contributed by atoms with van der Waals surface area (Å²) in [6.07, 6.45) is 1.58. The Labute approximate surface area is 78.6 Å². The van der Waals surface area contributed by atoms with Crippen LogP contribution in [0.25, 0.3) is 5.65 Å². The number of rotatable bonds is 1. The van der Waals surface area contributed by atoms with Crippen LogP contribution in [0.15, 0.2) is 18.3 Å². The molecular formula is C9H7FN2O2. The zero-order chi connectivity index (χ0) is 10.3. The van der Waals surface area contributed by atoms with Gasteiger partial charge in [0.2, 0.25) is 0 Å². The van der Waals surface area contributed by atoms with Crippen LogP contribution in [-0.2, 0) is 0 Å². The van der Waals surface area contributed by atoms with Crippen molar-refractivity contribution in [2.45, 2.75) is 6.92 Å². The highest BCUT2D eigenvalue weighted by atomic mass is 19.1. The van der Waals surface area contributed by atoms with Crippen LogP contribution in [0.3, 0.4) is 0 Å². The van der Waals surface area contributed by atoms with E-state index >= 15 is 0 Å². The SMILES string of the molecule is Cc1c(C(=O)O)nc2c(F)cccn12. The molecule has 14 heavy (non-hydrogen) atoms. The lowest BCUT2D eigenvalue weighted by Gasteiger charge is -1.95. The van der Waals surface area contributed by atoms with E-state index in [1.807, 2.05) is 0 Å². The van der Waals surface area contributed by atoms with Crippen LogP contribution in [0.4, 0.5) is 4.39 Å². The predicted molar refractivity (Wildman–Crippen MR) is 46.8 cm³/mol. The Hall–Kier alpha value is -1.91. The van der Waals surface area contributed by atoms with Crippen molar-refractivity contribution in [2.24, 2.45) is 0 Å². The van der Waals surface area contributed by atoms with Gasteiger partial charge in [-0.05, 0) is 19.1 Å². The molecule has 0 radical (unpaired) electrons. The normalized spacial score (nSPS) is 10.7. The van der Waals surface area contributed by atoms with Gasteiger partial charge in [-0.2, -0.15) is 0 Å². The minimum atomic E-state index is -1.15. The number of nitrogens with zero attached hydrogens (tertiary/aromatic N) is 2. The number of pyridine rings is 1. The molecule has 0 aromatic carbocycles. The Morgan fingerprint density at radius 1 is 1.64 bits per heavy atom. The van der Waals surface area contributed by atoms with Crippen molar-refractivity contribution >= 4 is 11.6 Å². The fraction of sp³-hybridized carbons (Fsp3) is 0.111. The highest BCUT2D eigenvalue weighted by molar-refractivity contribution is 5.87. The van der Waals surface area contributed by atoms with E-state index in [4.69, 9.17) is 5.11 Å². The Kier molecular flexibility index (Phi) is 1.73. The van der Waals surface area contributed by atoms with Crippen LogP contribution in [0.2, 0.25) is 0 Å². The van der Waals surface area contributed by atoms with Gasteiger partial charge in [-0.15, -0.1) is 0 Å². The van der Waals surface area contributed by atoms with Gasteiger partial charge in [-0.1, -0.05) is 0 Å². The number of aromatic nitrogens is 2. The molecule has 0 bridgehead atoms. The maximum absolute atomic E-state index is 13.2. The van der Waals surface area contributed by atoms with E-state index in [2.05, 4.69) is 4.98 Å². The second kappa shape index (κ2) is 2.80. The zero-order valence-electron chi connectivity index (χ0n) is 7.36. The minimum absolute atomic E-state index is 0.0439. The van der Waals surface area contributed by atoms with Crippen molar-refractivity contribution in [1.29, 1.82) is 0 Å². The van der Waals surface area contributed by atoms with Crippen LogP contribution in [0.1, 0.15) is 16.2 Å². The van der Waals surface area contributed by atoms with Gasteiger partial charge in [-0.3, -0.25) is 0 Å². The van der Waals surface area contributed by atoms with E-state index in [1.165, 1.54) is 16.5 Å². The molecule has 0 atom stereocenters. The lowest BCUT2D eigenvalue weighted by atomic mass is 10.3. The smallest absolute Gasteiger partial charge is 0.356 e. The van der Waals surface area contributed by atoms with Crippen LogP contribution in [0.5, 0.6) is 0 Å². The molecule has 2 aromatic rings. The van der Waals surface area contributed by atoms with Crippen molar-refractivity contribution < 1.29 is 14.3 Å². The van der Waals surface area contributed by atoms with Gasteiger partial charge in [0, 0.05) is 6.20 Å². The number of carboxylic acids is 1. The number of hydrogen-bond acceptors (Lipinski definition) is 2. The number of halogens is 1. The number of carboxylic acid groups (broad SMARTS) is 1. The topological polar surface area (TPSA) is 54.6 Å². The number of aryl methyl sites for hydroxylation is 1. The Bertz CT molecular complexity index is 519. The van der Waals surface area contributed by atoms with E-state index in [0.717, 1.165) is 0 Å². The Morgan fingerprint density at radius 3 is 2.93 bits per heavy atom. The third kappa shape index (κ3) is 1.06. The molecule has 2 aromatic heterocycles. The van der Waals surface area contributed by atoms with Gasteiger partial charge in [0.1, 0.15) is 0 Å². The summed E-state index contributed by atoms with van der Waals surface area (Å²) in [4.78, 5) is 14.4. The second-order valence-electron chi connectivity index (χ2n) is 2.90. The van der Waals surface area contributed by atoms with Gasteiger partial charge in [0.15, 0.2) is 17.2 Å². The van der Waals surface area contributed by atoms with E-state index in [0.29, 0.717) is 5.69 Å². The van der Waals surface area contributed by atoms with Crippen LogP contribution in [0, 0.1) is 12.7 Å². The Morgan fingerprint density at radius 2 is 2.36 bits per heavy atom. The number of aromatic carboxylic acids is 1. The van der Waals surface area contributed by atoms with Crippen molar-refractivity contribution in [3.05, 3.63) is 35.5 Å². The third-order valence-corrected chi connectivity index (χ3v) is 2.04. The molecule has 0 spiro atoms. The molecule has 72 valence electrons. The lowest BCUT2D eigenvalue weighted by Crippen LogP contribution is -1.99. The molecule has 0 aliphatic carbocycles. The van der Waals surface area contributed by atoms with Crippen LogP contribution < -0.4 is 0 Å². The molecule has 2 rings (SSSR count). The van der Waals surface area contributed by atoms with Crippen LogP contribution >= 0.6 is 0 Å². The summed E-state index contributed by atoms with van der Waals surface area (Å²) in [7, 11) is 0. The fourth-order valence-corrected chi connectivity index (χ4v) is 1.36. The molecule has 0 unspecified atom stereocenters. The van der Waals surface area contributed by atoms with Crippen molar-refractivity contribution in [1.82, 2.24) is 9.38 Å². The molecule has 0 aliphatic heterocycles. The summed E-state index contributed by atoms with van der Waals surface area (Å²) < 4.78 is 14.6. The zero-order valence-corrected chi connectivity index (χ0v) is 7.36. The summed E-state index contributed by atoms with van der Waals surface area (Å²) in [6.45, 7) is 1.59. The summed E-state index contributed by atoms with van der Waals surface area (Å²) in [5.41, 5.74) is 0.351. The van der Waals surface area contributed by atoms with Gasteiger partial charge < -0.3 is 9.51 Å². The summed E-state index contributed by atoms with van der Waals surface area (Å²) >= 11 is 0. The first-order valence-corrected chi connectivity index (χ1v) is 3.97. The molecule has 0 saturated heterocycles. The van der Waals surface area contributed by atoms with E-state index in [1.54, 1.807) is 13.1 Å². The number of hydrogen-bond donors (Lipinski definition) is 1. The molecule has 2 heterocycles. The fourth-order valence-electron chi connectivity index (χ4n) is 1.36. The van der Waals surface area contributed by atoms with E-state index in [9.17, 15) is 9.18 Å². The predicted octanol–water partition coefficient (Wildman–Crippen LogP) is 1.48. The molecule has 0 aliphatic rings. The molecule has 5 heteroatoms. The lowest BCUT2D eigenvalue weighted by molar-refractivity contribution is 0.0690. The number of imidazole rings is 1. The molecule has 1 N–H and O–H groups in total. The largest absolute Gasteiger partial charge is 0.476 e. The minimum Gasteiger partial charge on any atom is -0.476 e. The summed E-state index contributed by atoms with van der Waals surface area (Å²) in [5.74, 6) is -1.67. The quantitative estimate of drug-likeness (QED) is 0.748. The molecule has 0 fully saturated rings. The maximum atomic E-state index is 13.2. The van der Waals surface area contributed by atoms with Gasteiger partial charge in [-0.25, -0.2) is 14.2 Å². The summed E-state index contributed by atoms with van der Waals surface area (Å²) in [5, 5.41) is 8.76. The number of fused-ring (bicyclic) bond motifs is 1. The van der Waals surface area contributed by atoms with Gasteiger partial charge in [0.05, 0.1) is 5.69 Å². The monoisotopic (exact) mass is 194 g/mol. The summed E-state index contributed by atoms with van der Waals surface area (Å²) in [6, 6.07) is 2.75. The molecular weight excluding hydrogens is 187 g/mol. The molecule has 0 amide bonds. The average molecular weight is 194 g/mol. The maximum Gasteiger partial charge on any atom is 0.356 e. The molecule has 0 saturated carbocycles. The van der Waals surface area contributed by atoms with Crippen molar-refractivity contribution in [3.8, 4) is 0 Å². The first kappa shape index (κ1) is 8.68.